The lowest BCUT2D eigenvalue weighted by Crippen LogP contribution is -2.25. The average Bonchev–Trinajstić information content (AvgIpc) is 2.11. The fraction of sp³-hybridized carbons (Fsp3) is 0.625. The highest BCUT2D eigenvalue weighted by atomic mass is 31.2. The third-order valence-corrected chi connectivity index (χ3v) is 2.47. The summed E-state index contributed by atoms with van der Waals surface area (Å²) < 4.78 is 15.9. The van der Waals surface area contributed by atoms with Gasteiger partial charge in [0.15, 0.2) is 0 Å². The number of hydrogen-bond acceptors (Lipinski definition) is 3. The Morgan fingerprint density at radius 2 is 2.21 bits per heavy atom. The molecule has 0 radical (unpaired) electrons. The molecule has 14 heavy (non-hydrogen) atoms. The molecule has 0 bridgehead atoms. The molecule has 1 unspecified atom stereocenters. The summed E-state index contributed by atoms with van der Waals surface area (Å²) in [5, 5.41) is 2.25. The highest BCUT2D eigenvalue weighted by Crippen LogP contribution is 2.40. The monoisotopic (exact) mass is 221 g/mol. The predicted octanol–water partition coefficient (Wildman–Crippen LogP) is 1.25. The van der Waals surface area contributed by atoms with Crippen molar-refractivity contribution in [3.8, 4) is 0 Å². The van der Waals surface area contributed by atoms with Crippen molar-refractivity contribution in [2.24, 2.45) is 0 Å². The molecule has 0 aromatic carbocycles. The first-order valence-electron chi connectivity index (χ1n) is 4.29. The lowest BCUT2D eigenvalue weighted by Gasteiger charge is -2.12. The molecule has 2 N–H and O–H groups in total. The summed E-state index contributed by atoms with van der Waals surface area (Å²) in [5.41, 5.74) is 0.292. The van der Waals surface area contributed by atoms with Gasteiger partial charge in [0.25, 0.3) is 0 Å². The number of hydrogen-bond donors (Lipinski definition) is 2. The Balaban J connectivity index is 3.93. The molecule has 82 valence electrons. The number of rotatable bonds is 6. The minimum absolute atomic E-state index is 0.205. The van der Waals surface area contributed by atoms with E-state index in [9.17, 15) is 9.36 Å². The molecule has 1 atom stereocenters. The van der Waals surface area contributed by atoms with Crippen molar-refractivity contribution in [1.82, 2.24) is 5.32 Å². The van der Waals surface area contributed by atoms with Crippen molar-refractivity contribution in [3.05, 3.63) is 12.2 Å². The first-order valence-corrected chi connectivity index (χ1v) is 6.05. The van der Waals surface area contributed by atoms with Crippen LogP contribution in [-0.4, -0.2) is 23.7 Å². The van der Waals surface area contributed by atoms with E-state index in [-0.39, 0.29) is 12.9 Å². The molecule has 0 spiro atoms. The highest BCUT2D eigenvalue weighted by Gasteiger charge is 2.19. The Morgan fingerprint density at radius 1 is 1.64 bits per heavy atom. The molecule has 0 saturated heterocycles. The lowest BCUT2D eigenvalue weighted by molar-refractivity contribution is -0.117. The maximum atomic E-state index is 11.2. The van der Waals surface area contributed by atoms with E-state index in [4.69, 9.17) is 4.89 Å². The Hall–Kier alpha value is -0.640. The van der Waals surface area contributed by atoms with Gasteiger partial charge in [-0.2, -0.15) is 0 Å². The van der Waals surface area contributed by atoms with E-state index < -0.39 is 13.5 Å². The predicted molar refractivity (Wildman–Crippen MR) is 53.9 cm³/mol. The number of carbonyl (C=O) groups excluding carboxylic acids is 1. The second-order valence-corrected chi connectivity index (χ2v) is 4.76. The van der Waals surface area contributed by atoms with Crippen molar-refractivity contribution in [1.29, 1.82) is 0 Å². The molecule has 0 aromatic heterocycles. The zero-order valence-electron chi connectivity index (χ0n) is 8.45. The molecular formula is C8H16NO4P. The van der Waals surface area contributed by atoms with Crippen molar-refractivity contribution in [3.63, 3.8) is 0 Å². The lowest BCUT2D eigenvalue weighted by atomic mass is 10.3. The molecule has 0 heterocycles. The van der Waals surface area contributed by atoms with Crippen LogP contribution < -0.4 is 5.32 Å². The zero-order chi connectivity index (χ0) is 11.2. The van der Waals surface area contributed by atoms with Crippen LogP contribution in [0.1, 0.15) is 20.3 Å². The van der Waals surface area contributed by atoms with Gasteiger partial charge in [-0.1, -0.05) is 13.5 Å². The number of nitrogens with one attached hydrogen (secondary N) is 1. The molecule has 0 aliphatic carbocycles. The third kappa shape index (κ3) is 5.91. The second-order valence-electron chi connectivity index (χ2n) is 2.92. The average molecular weight is 221 g/mol. The van der Waals surface area contributed by atoms with Crippen LogP contribution in [0.2, 0.25) is 0 Å². The molecule has 0 saturated carbocycles. The van der Waals surface area contributed by atoms with Crippen LogP contribution in [0.25, 0.3) is 0 Å². The summed E-state index contributed by atoms with van der Waals surface area (Å²) in [6.45, 7) is 6.94. The van der Waals surface area contributed by atoms with Gasteiger partial charge < -0.3 is 14.7 Å². The van der Waals surface area contributed by atoms with Gasteiger partial charge in [-0.15, -0.1) is 0 Å². The van der Waals surface area contributed by atoms with Gasteiger partial charge in [0.05, 0.1) is 6.61 Å². The van der Waals surface area contributed by atoms with Crippen LogP contribution in [-0.2, 0) is 13.9 Å². The van der Waals surface area contributed by atoms with Gasteiger partial charge in [-0.05, 0) is 13.3 Å². The van der Waals surface area contributed by atoms with Gasteiger partial charge in [-0.3, -0.25) is 9.36 Å². The highest BCUT2D eigenvalue weighted by molar-refractivity contribution is 7.52. The maximum absolute atomic E-state index is 11.2. The van der Waals surface area contributed by atoms with Gasteiger partial charge >= 0.3 is 7.60 Å². The molecular weight excluding hydrogens is 205 g/mol. The molecule has 0 fully saturated rings. The minimum atomic E-state index is -3.68. The fourth-order valence-electron chi connectivity index (χ4n) is 0.602. The molecule has 0 aliphatic rings. The largest absolute Gasteiger partial charge is 0.347 e. The Morgan fingerprint density at radius 3 is 2.64 bits per heavy atom. The van der Waals surface area contributed by atoms with Crippen molar-refractivity contribution < 1.29 is 18.8 Å². The molecule has 0 rings (SSSR count). The first kappa shape index (κ1) is 13.4. The topological polar surface area (TPSA) is 75.6 Å². The van der Waals surface area contributed by atoms with Gasteiger partial charge in [0.1, 0.15) is 6.29 Å². The molecule has 0 aliphatic heterocycles. The molecule has 6 heteroatoms. The van der Waals surface area contributed by atoms with Crippen LogP contribution in [0.15, 0.2) is 12.2 Å². The number of amides is 1. The van der Waals surface area contributed by atoms with E-state index in [0.29, 0.717) is 12.0 Å². The summed E-state index contributed by atoms with van der Waals surface area (Å²) in [7, 11) is -3.68. The molecule has 0 aromatic rings. The summed E-state index contributed by atoms with van der Waals surface area (Å²) in [5.74, 6) is -0.445. The summed E-state index contributed by atoms with van der Waals surface area (Å²) >= 11 is 0. The van der Waals surface area contributed by atoms with Crippen LogP contribution in [0.3, 0.4) is 0 Å². The molecule has 5 nitrogen and oxygen atoms in total. The summed E-state index contributed by atoms with van der Waals surface area (Å²) in [6, 6.07) is 0. The third-order valence-electron chi connectivity index (χ3n) is 1.32. The van der Waals surface area contributed by atoms with Crippen LogP contribution >= 0.6 is 7.60 Å². The van der Waals surface area contributed by atoms with Crippen molar-refractivity contribution >= 4 is 13.5 Å². The summed E-state index contributed by atoms with van der Waals surface area (Å²) in [6.07, 6.45) is 0.275. The van der Waals surface area contributed by atoms with E-state index in [0.717, 1.165) is 0 Å². The van der Waals surface area contributed by atoms with E-state index in [2.05, 4.69) is 16.4 Å². The van der Waals surface area contributed by atoms with E-state index in [1.165, 1.54) is 6.92 Å². The van der Waals surface area contributed by atoms with Crippen LogP contribution in [0.5, 0.6) is 0 Å². The van der Waals surface area contributed by atoms with E-state index in [1.54, 1.807) is 0 Å². The van der Waals surface area contributed by atoms with Crippen LogP contribution in [0.4, 0.5) is 0 Å². The number of carbonyl (C=O) groups is 1. The zero-order valence-corrected chi connectivity index (χ0v) is 9.34. The van der Waals surface area contributed by atoms with Gasteiger partial charge in [0.2, 0.25) is 5.91 Å². The maximum Gasteiger partial charge on any atom is 0.347 e. The van der Waals surface area contributed by atoms with Crippen LogP contribution in [0, 0.1) is 0 Å². The van der Waals surface area contributed by atoms with Crippen molar-refractivity contribution in [2.75, 3.05) is 12.9 Å². The Bertz CT molecular complexity index is 264. The molecule has 1 amide bonds. The minimum Gasteiger partial charge on any atom is -0.341 e. The smallest absolute Gasteiger partial charge is 0.341 e. The van der Waals surface area contributed by atoms with Crippen molar-refractivity contribution in [2.45, 2.75) is 20.3 Å². The van der Waals surface area contributed by atoms with Gasteiger partial charge in [-0.25, -0.2) is 0 Å². The Labute approximate surface area is 83.7 Å². The fourth-order valence-corrected chi connectivity index (χ4v) is 1.50. The normalized spacial score (nSPS) is 14.5. The van der Waals surface area contributed by atoms with E-state index >= 15 is 0 Å². The quantitative estimate of drug-likeness (QED) is 0.522. The Kier molecular flexibility index (Phi) is 5.69. The van der Waals surface area contributed by atoms with E-state index in [1.807, 2.05) is 6.92 Å². The van der Waals surface area contributed by atoms with Gasteiger partial charge in [0, 0.05) is 5.57 Å². The summed E-state index contributed by atoms with van der Waals surface area (Å²) in [4.78, 5) is 20.1. The standard InChI is InChI=1S/C8H16NO4P/c1-4-5-13-14(11,12)6-9-8(10)7(2)3/h2,4-6H2,1,3H3,(H,9,10)(H,11,12). The first-order chi connectivity index (χ1) is 6.39. The SMILES string of the molecule is C=C(C)C(=O)NCP(=O)(O)OCCC. The second kappa shape index (κ2) is 5.96.